The molecule has 2 aromatic rings. The second-order valence-corrected chi connectivity index (χ2v) is 8.55. The van der Waals surface area contributed by atoms with Gasteiger partial charge in [-0.05, 0) is 20.3 Å². The molecule has 2 N–H and O–H groups in total. The van der Waals surface area contributed by atoms with Crippen molar-refractivity contribution in [2.75, 3.05) is 25.6 Å². The Morgan fingerprint density at radius 3 is 2.97 bits per heavy atom. The van der Waals surface area contributed by atoms with Crippen molar-refractivity contribution in [1.29, 1.82) is 0 Å². The van der Waals surface area contributed by atoms with Crippen molar-refractivity contribution in [3.63, 3.8) is 0 Å². The highest BCUT2D eigenvalue weighted by atomic mass is 31.2. The number of alkyl halides is 1. The fourth-order valence-electron chi connectivity index (χ4n) is 3.45. The van der Waals surface area contributed by atoms with Crippen LogP contribution < -0.4 is 10.5 Å². The third-order valence-electron chi connectivity index (χ3n) is 4.71. The second kappa shape index (κ2) is 7.44. The molecule has 11 nitrogen and oxygen atoms in total. The Balaban J connectivity index is 1.70. The smallest absolute Gasteiger partial charge is 0.475 e. The van der Waals surface area contributed by atoms with Gasteiger partial charge >= 0.3 is 7.82 Å². The summed E-state index contributed by atoms with van der Waals surface area (Å²) in [4.78, 5) is 12.5. The number of halogens is 1. The van der Waals surface area contributed by atoms with E-state index in [1.807, 2.05) is 6.92 Å². The number of hydrogen-bond acceptors (Lipinski definition) is 10. The van der Waals surface area contributed by atoms with Gasteiger partial charge in [-0.1, -0.05) is 6.92 Å². The predicted octanol–water partition coefficient (Wildman–Crippen LogP) is 2.38. The van der Waals surface area contributed by atoms with E-state index in [2.05, 4.69) is 15.0 Å². The average molecular weight is 431 g/mol. The summed E-state index contributed by atoms with van der Waals surface area (Å²) in [6.07, 6.45) is -0.981. The number of hydrogen-bond donors (Lipinski definition) is 1. The van der Waals surface area contributed by atoms with Crippen molar-refractivity contribution in [2.45, 2.75) is 51.3 Å². The third kappa shape index (κ3) is 3.49. The van der Waals surface area contributed by atoms with Crippen molar-refractivity contribution in [2.24, 2.45) is 0 Å². The van der Waals surface area contributed by atoms with E-state index in [1.54, 1.807) is 6.92 Å². The molecule has 0 radical (unpaired) electrons. The lowest BCUT2D eigenvalue weighted by Gasteiger charge is -2.33. The van der Waals surface area contributed by atoms with E-state index >= 15 is 4.39 Å². The highest BCUT2D eigenvalue weighted by molar-refractivity contribution is 7.48. The fourth-order valence-corrected chi connectivity index (χ4v) is 4.91. The molecule has 0 spiro atoms. The van der Waals surface area contributed by atoms with Crippen LogP contribution in [0.3, 0.4) is 0 Å². The van der Waals surface area contributed by atoms with Gasteiger partial charge in [-0.3, -0.25) is 18.1 Å². The molecule has 5 atom stereocenters. The number of fused-ring (bicyclic) bond motifs is 2. The Labute approximate surface area is 166 Å². The highest BCUT2D eigenvalue weighted by Gasteiger charge is 2.61. The van der Waals surface area contributed by atoms with Gasteiger partial charge in [-0.2, -0.15) is 9.97 Å². The van der Waals surface area contributed by atoms with Crippen LogP contribution in [0.15, 0.2) is 6.33 Å². The maximum Gasteiger partial charge on any atom is 0.475 e. The number of rotatable bonds is 6. The standard InChI is InChI=1S/C16H23FN5O6P/c1-4-6-24-13-10-12(20-15(18)21-13)22(8-19-10)14-16(3,17)11-9(27-14)7-26-29(23,28-11)25-5-2/h8-9,11,14H,4-7H2,1-3H3,(H2,18,20,21)/t9-,11-,14-,16-,29+/m1/s1. The zero-order valence-electron chi connectivity index (χ0n) is 16.3. The summed E-state index contributed by atoms with van der Waals surface area (Å²) in [5.74, 6) is 0.172. The van der Waals surface area contributed by atoms with Gasteiger partial charge in [0.15, 0.2) is 23.1 Å². The molecule has 2 aliphatic heterocycles. The molecule has 29 heavy (non-hydrogen) atoms. The van der Waals surface area contributed by atoms with Crippen LogP contribution in [-0.2, 0) is 22.9 Å². The first-order chi connectivity index (χ1) is 13.8. The van der Waals surface area contributed by atoms with Crippen LogP contribution in [0.1, 0.15) is 33.4 Å². The molecular formula is C16H23FN5O6P. The molecule has 4 rings (SSSR count). The second-order valence-electron chi connectivity index (χ2n) is 6.92. The number of phosphoric acid groups is 1. The van der Waals surface area contributed by atoms with Crippen LogP contribution in [0.2, 0.25) is 0 Å². The molecule has 2 fully saturated rings. The van der Waals surface area contributed by atoms with E-state index in [0.717, 1.165) is 6.42 Å². The molecule has 0 saturated carbocycles. The average Bonchev–Trinajstić information content (AvgIpc) is 3.18. The van der Waals surface area contributed by atoms with Gasteiger partial charge in [-0.15, -0.1) is 0 Å². The molecule has 0 aromatic carbocycles. The Morgan fingerprint density at radius 2 is 2.24 bits per heavy atom. The minimum absolute atomic E-state index is 0.0400. The Kier molecular flexibility index (Phi) is 5.24. The number of nitrogens with zero attached hydrogens (tertiary/aromatic N) is 4. The molecule has 2 aliphatic rings. The van der Waals surface area contributed by atoms with Crippen molar-refractivity contribution < 1.29 is 32.0 Å². The molecule has 2 saturated heterocycles. The monoisotopic (exact) mass is 431 g/mol. The van der Waals surface area contributed by atoms with E-state index < -0.39 is 31.9 Å². The number of nitrogen functional groups attached to an aromatic ring is 1. The summed E-state index contributed by atoms with van der Waals surface area (Å²) in [5.41, 5.74) is 4.30. The van der Waals surface area contributed by atoms with Crippen molar-refractivity contribution in [1.82, 2.24) is 19.5 Å². The molecule has 0 aliphatic carbocycles. The van der Waals surface area contributed by atoms with Crippen LogP contribution in [0.25, 0.3) is 11.2 Å². The Morgan fingerprint density at radius 1 is 1.45 bits per heavy atom. The van der Waals surface area contributed by atoms with Crippen LogP contribution in [-0.4, -0.2) is 57.2 Å². The number of phosphoric ester groups is 1. The van der Waals surface area contributed by atoms with Gasteiger partial charge in [0.25, 0.3) is 0 Å². The molecule has 2 aromatic heterocycles. The van der Waals surface area contributed by atoms with Crippen molar-refractivity contribution >= 4 is 24.9 Å². The highest BCUT2D eigenvalue weighted by Crippen LogP contribution is 2.59. The Bertz CT molecular complexity index is 955. The lowest BCUT2D eigenvalue weighted by atomic mass is 9.98. The molecule has 0 bridgehead atoms. The van der Waals surface area contributed by atoms with Crippen molar-refractivity contribution in [3.8, 4) is 5.88 Å². The van der Waals surface area contributed by atoms with Gasteiger partial charge in [0.05, 0.1) is 26.1 Å². The largest absolute Gasteiger partial charge is 0.476 e. The summed E-state index contributed by atoms with van der Waals surface area (Å²) in [7, 11) is -3.85. The molecular weight excluding hydrogens is 408 g/mol. The number of imidazole rings is 1. The maximum atomic E-state index is 15.9. The van der Waals surface area contributed by atoms with Crippen LogP contribution >= 0.6 is 7.82 Å². The molecule has 0 amide bonds. The Hall–Kier alpha value is -1.85. The first-order valence-electron chi connectivity index (χ1n) is 9.33. The first kappa shape index (κ1) is 20.4. The van der Waals surface area contributed by atoms with Gasteiger partial charge in [0, 0.05) is 0 Å². The lowest BCUT2D eigenvalue weighted by Crippen LogP contribution is -2.44. The normalized spacial score (nSPS) is 34.4. The van der Waals surface area contributed by atoms with Crippen LogP contribution in [0.5, 0.6) is 5.88 Å². The predicted molar refractivity (Wildman–Crippen MR) is 99.0 cm³/mol. The van der Waals surface area contributed by atoms with Gasteiger partial charge < -0.3 is 15.2 Å². The van der Waals surface area contributed by atoms with E-state index in [9.17, 15) is 4.57 Å². The number of anilines is 1. The SMILES string of the molecule is CCCOc1nc(N)nc2c1ncn2[C@@H]1O[C@@H]2CO[P@](=O)(OCC)O[C@H]2[C@@]1(C)F. The number of ether oxygens (including phenoxy) is 2. The summed E-state index contributed by atoms with van der Waals surface area (Å²) >= 11 is 0. The number of nitrogens with two attached hydrogens (primary N) is 1. The fraction of sp³-hybridized carbons (Fsp3) is 0.688. The first-order valence-corrected chi connectivity index (χ1v) is 10.8. The summed E-state index contributed by atoms with van der Waals surface area (Å²) in [6.45, 7) is 5.28. The van der Waals surface area contributed by atoms with Crippen LogP contribution in [0.4, 0.5) is 10.3 Å². The summed E-state index contributed by atoms with van der Waals surface area (Å²) in [5, 5.41) is 0. The molecule has 0 unspecified atom stereocenters. The molecule has 160 valence electrons. The van der Waals surface area contributed by atoms with E-state index in [-0.39, 0.29) is 30.7 Å². The molecule has 4 heterocycles. The van der Waals surface area contributed by atoms with Gasteiger partial charge in [-0.25, -0.2) is 13.9 Å². The lowest BCUT2D eigenvalue weighted by molar-refractivity contribution is -0.0702. The van der Waals surface area contributed by atoms with Gasteiger partial charge in [0.1, 0.15) is 12.2 Å². The zero-order chi connectivity index (χ0) is 20.8. The topological polar surface area (TPSA) is 133 Å². The van der Waals surface area contributed by atoms with E-state index in [4.69, 9.17) is 28.8 Å². The minimum atomic E-state index is -3.85. The summed E-state index contributed by atoms with van der Waals surface area (Å²) in [6, 6.07) is 0. The summed E-state index contributed by atoms with van der Waals surface area (Å²) < 4.78 is 56.8. The quantitative estimate of drug-likeness (QED) is 0.680. The van der Waals surface area contributed by atoms with Crippen molar-refractivity contribution in [3.05, 3.63) is 6.33 Å². The van der Waals surface area contributed by atoms with Crippen LogP contribution in [0, 0.1) is 0 Å². The zero-order valence-corrected chi connectivity index (χ0v) is 17.2. The number of aromatic nitrogens is 4. The molecule has 13 heteroatoms. The minimum Gasteiger partial charge on any atom is -0.476 e. The van der Waals surface area contributed by atoms with E-state index in [0.29, 0.717) is 12.1 Å². The maximum absolute atomic E-state index is 15.9. The van der Waals surface area contributed by atoms with E-state index in [1.165, 1.54) is 17.8 Å². The van der Waals surface area contributed by atoms with Gasteiger partial charge in [0.2, 0.25) is 11.8 Å². The third-order valence-corrected chi connectivity index (χ3v) is 6.23.